The van der Waals surface area contributed by atoms with E-state index in [1.807, 2.05) is 30.5 Å². The van der Waals surface area contributed by atoms with Crippen molar-refractivity contribution in [2.75, 3.05) is 13.7 Å². The van der Waals surface area contributed by atoms with Crippen molar-refractivity contribution in [3.05, 3.63) is 100 Å². The number of fused-ring (bicyclic) bond motifs is 1. The number of halogens is 1. The van der Waals surface area contributed by atoms with Gasteiger partial charge in [0, 0.05) is 34.2 Å². The highest BCUT2D eigenvalue weighted by Crippen LogP contribution is 2.42. The van der Waals surface area contributed by atoms with Crippen molar-refractivity contribution in [3.8, 4) is 11.5 Å². The van der Waals surface area contributed by atoms with Gasteiger partial charge in [-0.05, 0) is 60.0 Å². The van der Waals surface area contributed by atoms with Crippen LogP contribution in [0.4, 0.5) is 0 Å². The molecule has 0 saturated carbocycles. The summed E-state index contributed by atoms with van der Waals surface area (Å²) in [4.78, 5) is 31.2. The lowest BCUT2D eigenvalue weighted by Crippen LogP contribution is -2.31. The number of amides is 1. The van der Waals surface area contributed by atoms with Crippen LogP contribution in [0, 0.1) is 0 Å². The fourth-order valence-electron chi connectivity index (χ4n) is 4.66. The molecule has 1 aliphatic rings. The maximum Gasteiger partial charge on any atom is 0.295 e. The Morgan fingerprint density at radius 3 is 2.58 bits per heavy atom. The van der Waals surface area contributed by atoms with E-state index in [0.717, 1.165) is 16.5 Å². The number of hydrogen-bond donors (Lipinski definition) is 3. The number of phenols is 1. The molecule has 8 heteroatoms. The minimum atomic E-state index is -0.875. The van der Waals surface area contributed by atoms with Crippen LogP contribution < -0.4 is 4.74 Å². The number of benzene rings is 3. The number of aromatic nitrogens is 1. The molecule has 0 radical (unpaired) electrons. The van der Waals surface area contributed by atoms with E-state index in [1.165, 1.54) is 18.1 Å². The van der Waals surface area contributed by atoms with Crippen LogP contribution in [0.3, 0.4) is 0 Å². The molecule has 4 aromatic rings. The number of phenolic OH excluding ortho intramolecular Hbond substituents is 1. The average molecular weight is 503 g/mol. The summed E-state index contributed by atoms with van der Waals surface area (Å²) >= 11 is 5.99. The number of aliphatic hydroxyl groups excluding tert-OH is 1. The van der Waals surface area contributed by atoms with E-state index in [-0.39, 0.29) is 29.4 Å². The second kappa shape index (κ2) is 9.43. The Morgan fingerprint density at radius 2 is 1.83 bits per heavy atom. The maximum absolute atomic E-state index is 13.3. The summed E-state index contributed by atoms with van der Waals surface area (Å²) in [6.45, 7) is 0.234. The van der Waals surface area contributed by atoms with Gasteiger partial charge in [0.1, 0.15) is 5.76 Å². The monoisotopic (exact) mass is 502 g/mol. The number of aromatic hydroxyl groups is 1. The van der Waals surface area contributed by atoms with Crippen molar-refractivity contribution < 1.29 is 24.5 Å². The molecule has 0 aliphatic carbocycles. The van der Waals surface area contributed by atoms with Crippen molar-refractivity contribution in [1.82, 2.24) is 9.88 Å². The van der Waals surface area contributed by atoms with Gasteiger partial charge >= 0.3 is 0 Å². The van der Waals surface area contributed by atoms with Crippen molar-refractivity contribution in [2.24, 2.45) is 0 Å². The summed E-state index contributed by atoms with van der Waals surface area (Å²) in [6, 6.07) is 18.0. The summed E-state index contributed by atoms with van der Waals surface area (Å²) in [5, 5.41) is 22.8. The minimum absolute atomic E-state index is 0.0333. The normalized spacial score (nSPS) is 17.2. The van der Waals surface area contributed by atoms with Gasteiger partial charge in [0.15, 0.2) is 11.5 Å². The Kier molecular flexibility index (Phi) is 6.16. The Bertz CT molecular complexity index is 1510. The van der Waals surface area contributed by atoms with Gasteiger partial charge in [-0.15, -0.1) is 0 Å². The molecule has 1 aliphatic heterocycles. The number of carbonyl (C=O) groups excluding carboxylic acids is 2. The third-order valence-electron chi connectivity index (χ3n) is 6.47. The van der Waals surface area contributed by atoms with Gasteiger partial charge in [-0.1, -0.05) is 35.9 Å². The lowest BCUT2D eigenvalue weighted by atomic mass is 9.95. The van der Waals surface area contributed by atoms with Gasteiger partial charge in [-0.2, -0.15) is 0 Å². The number of carbonyl (C=O) groups is 2. The number of H-pyrrole nitrogens is 1. The van der Waals surface area contributed by atoms with E-state index in [0.29, 0.717) is 22.6 Å². The molecule has 182 valence electrons. The molecule has 1 saturated heterocycles. The molecule has 3 aromatic carbocycles. The van der Waals surface area contributed by atoms with Crippen molar-refractivity contribution in [2.45, 2.75) is 12.5 Å². The third kappa shape index (κ3) is 4.07. The van der Waals surface area contributed by atoms with E-state index in [9.17, 15) is 19.8 Å². The first-order chi connectivity index (χ1) is 17.4. The minimum Gasteiger partial charge on any atom is -0.507 e. The van der Waals surface area contributed by atoms with Gasteiger partial charge in [-0.25, -0.2) is 0 Å². The number of para-hydroxylation sites is 1. The molecule has 0 spiro atoms. The smallest absolute Gasteiger partial charge is 0.295 e. The first kappa shape index (κ1) is 23.5. The summed E-state index contributed by atoms with van der Waals surface area (Å²) < 4.78 is 5.26. The summed E-state index contributed by atoms with van der Waals surface area (Å²) in [5.74, 6) is -1.66. The average Bonchev–Trinajstić information content (AvgIpc) is 3.41. The summed E-state index contributed by atoms with van der Waals surface area (Å²) in [6.07, 6.45) is 2.39. The number of aliphatic hydroxyl groups is 1. The van der Waals surface area contributed by atoms with E-state index >= 15 is 0 Å². The zero-order valence-corrected chi connectivity index (χ0v) is 20.1. The van der Waals surface area contributed by atoms with Crippen molar-refractivity contribution >= 4 is 40.0 Å². The highest BCUT2D eigenvalue weighted by molar-refractivity contribution is 6.46. The largest absolute Gasteiger partial charge is 0.507 e. The van der Waals surface area contributed by atoms with Gasteiger partial charge in [-0.3, -0.25) is 9.59 Å². The van der Waals surface area contributed by atoms with Gasteiger partial charge in [0.05, 0.1) is 18.7 Å². The molecular weight excluding hydrogens is 480 g/mol. The SMILES string of the molecule is COc1cc([C@H]2C(=C(O)c3ccc(Cl)cc3)C(=O)C(=O)N2CCc2c[nH]c3ccccc23)ccc1O. The van der Waals surface area contributed by atoms with Crippen LogP contribution in [0.25, 0.3) is 16.7 Å². The van der Waals surface area contributed by atoms with Gasteiger partial charge in [0.25, 0.3) is 11.7 Å². The van der Waals surface area contributed by atoms with Crippen LogP contribution in [0.1, 0.15) is 22.7 Å². The lowest BCUT2D eigenvalue weighted by Gasteiger charge is -2.25. The Balaban J connectivity index is 1.59. The van der Waals surface area contributed by atoms with Crippen LogP contribution in [-0.4, -0.2) is 45.4 Å². The number of Topliss-reactive ketones (excluding diaryl/α,β-unsaturated/α-hetero) is 1. The number of likely N-dealkylation sites (tertiary alicyclic amines) is 1. The van der Waals surface area contributed by atoms with Gasteiger partial charge in [0.2, 0.25) is 0 Å². The molecule has 7 nitrogen and oxygen atoms in total. The van der Waals surface area contributed by atoms with Crippen LogP contribution in [0.15, 0.2) is 78.5 Å². The Hall–Kier alpha value is -4.23. The maximum atomic E-state index is 13.3. The third-order valence-corrected chi connectivity index (χ3v) is 6.73. The summed E-state index contributed by atoms with van der Waals surface area (Å²) in [7, 11) is 1.42. The fourth-order valence-corrected chi connectivity index (χ4v) is 4.79. The molecule has 0 bridgehead atoms. The number of methoxy groups -OCH3 is 1. The van der Waals surface area contributed by atoms with Crippen LogP contribution in [0.2, 0.25) is 5.02 Å². The molecule has 1 amide bonds. The standard InChI is InChI=1S/C28H23ClN2O5/c1-36-23-14-17(8-11-22(23)32)25-24(26(33)16-6-9-19(29)10-7-16)27(34)28(35)31(25)13-12-18-15-30-21-5-3-2-4-20(18)21/h2-11,14-15,25,30,32-33H,12-13H2,1H3/t25-/m0/s1. The first-order valence-electron chi connectivity index (χ1n) is 11.3. The number of nitrogens with one attached hydrogen (secondary N) is 1. The number of ether oxygens (including phenoxy) is 1. The first-order valence-corrected chi connectivity index (χ1v) is 11.7. The molecule has 5 rings (SSSR count). The topological polar surface area (TPSA) is 103 Å². The molecule has 36 heavy (non-hydrogen) atoms. The van der Waals surface area contributed by atoms with Crippen LogP contribution in [-0.2, 0) is 16.0 Å². The zero-order valence-electron chi connectivity index (χ0n) is 19.4. The predicted octanol–water partition coefficient (Wildman–Crippen LogP) is 5.20. The van der Waals surface area contributed by atoms with Gasteiger partial charge < -0.3 is 24.8 Å². The molecule has 1 atom stereocenters. The van der Waals surface area contributed by atoms with E-state index in [2.05, 4.69) is 4.98 Å². The zero-order chi connectivity index (χ0) is 25.4. The highest BCUT2D eigenvalue weighted by atomic mass is 35.5. The number of ketones is 1. The van der Waals surface area contributed by atoms with E-state index in [4.69, 9.17) is 16.3 Å². The summed E-state index contributed by atoms with van der Waals surface area (Å²) in [5.41, 5.74) is 2.85. The lowest BCUT2D eigenvalue weighted by molar-refractivity contribution is -0.139. The number of aromatic amines is 1. The second-order valence-electron chi connectivity index (χ2n) is 8.54. The fraction of sp³-hybridized carbons (Fsp3) is 0.143. The van der Waals surface area contributed by atoms with E-state index in [1.54, 1.807) is 36.4 Å². The second-order valence-corrected chi connectivity index (χ2v) is 8.98. The van der Waals surface area contributed by atoms with E-state index < -0.39 is 17.7 Å². The molecule has 1 fully saturated rings. The van der Waals surface area contributed by atoms with Crippen molar-refractivity contribution in [3.63, 3.8) is 0 Å². The quantitative estimate of drug-likeness (QED) is 0.191. The van der Waals surface area contributed by atoms with Crippen molar-refractivity contribution in [1.29, 1.82) is 0 Å². The number of rotatable bonds is 6. The molecule has 1 aromatic heterocycles. The van der Waals surface area contributed by atoms with Crippen LogP contribution in [0.5, 0.6) is 11.5 Å². The van der Waals surface area contributed by atoms with Crippen LogP contribution >= 0.6 is 11.6 Å². The molecule has 0 unspecified atom stereocenters. The molecular formula is C28H23ClN2O5. The molecule has 2 heterocycles. The highest BCUT2D eigenvalue weighted by Gasteiger charge is 2.46. The number of hydrogen-bond acceptors (Lipinski definition) is 5. The number of nitrogens with zero attached hydrogens (tertiary/aromatic N) is 1. The Morgan fingerprint density at radius 1 is 1.08 bits per heavy atom. The predicted molar refractivity (Wildman–Crippen MR) is 137 cm³/mol. The Labute approximate surface area is 212 Å². The molecule has 3 N–H and O–H groups in total.